The first kappa shape index (κ1) is 19.4. The minimum Gasteiger partial charge on any atom is -0.350 e. The highest BCUT2D eigenvalue weighted by atomic mass is 16.1. The third-order valence-corrected chi connectivity index (χ3v) is 5.82. The number of likely N-dealkylation sites (tertiary alicyclic amines) is 1. The zero-order chi connectivity index (χ0) is 20.2. The molecule has 1 aromatic heterocycles. The molecule has 1 fully saturated rings. The first-order valence-electron chi connectivity index (χ1n) is 10.3. The molecule has 3 aromatic rings. The lowest BCUT2D eigenvalue weighted by atomic mass is 10.1. The fraction of sp³-hybridized carbons (Fsp3) is 0.333. The molecule has 0 saturated carbocycles. The first-order valence-corrected chi connectivity index (χ1v) is 10.3. The van der Waals surface area contributed by atoms with Crippen LogP contribution in [0, 0.1) is 13.8 Å². The smallest absolute Gasteiger partial charge is 0.254 e. The van der Waals surface area contributed by atoms with Crippen LogP contribution in [0.4, 0.5) is 0 Å². The summed E-state index contributed by atoms with van der Waals surface area (Å²) in [6.07, 6.45) is 4.11. The van der Waals surface area contributed by atoms with Gasteiger partial charge < -0.3 is 5.32 Å². The van der Waals surface area contributed by atoms with Crippen LogP contribution in [0.3, 0.4) is 0 Å². The van der Waals surface area contributed by atoms with Gasteiger partial charge in [-0.3, -0.25) is 9.69 Å². The summed E-state index contributed by atoms with van der Waals surface area (Å²) in [5, 5.41) is 7.64. The van der Waals surface area contributed by atoms with E-state index in [2.05, 4.69) is 52.6 Å². The normalized spacial score (nSPS) is 15.4. The lowest BCUT2D eigenvalue weighted by molar-refractivity contribution is 0.0937. The van der Waals surface area contributed by atoms with Crippen molar-refractivity contribution in [2.24, 2.45) is 0 Å². The maximum absolute atomic E-state index is 13.0. The molecule has 1 aliphatic rings. The number of hydrogen-bond donors (Lipinski definition) is 1. The van der Waals surface area contributed by atoms with E-state index in [4.69, 9.17) is 0 Å². The van der Waals surface area contributed by atoms with E-state index in [-0.39, 0.29) is 11.9 Å². The highest BCUT2D eigenvalue weighted by Crippen LogP contribution is 2.25. The van der Waals surface area contributed by atoms with Crippen molar-refractivity contribution in [3.8, 4) is 5.69 Å². The van der Waals surface area contributed by atoms with Crippen molar-refractivity contribution in [2.75, 3.05) is 19.6 Å². The third kappa shape index (κ3) is 4.10. The second-order valence-electron chi connectivity index (χ2n) is 7.72. The molecule has 1 atom stereocenters. The maximum Gasteiger partial charge on any atom is 0.254 e. The second-order valence-corrected chi connectivity index (χ2v) is 7.72. The number of carbonyl (C=O) groups is 1. The van der Waals surface area contributed by atoms with Crippen LogP contribution in [0.15, 0.2) is 60.8 Å². The molecule has 150 valence electrons. The van der Waals surface area contributed by atoms with E-state index >= 15 is 0 Å². The van der Waals surface area contributed by atoms with Crippen molar-refractivity contribution in [2.45, 2.75) is 32.7 Å². The Kier molecular flexibility index (Phi) is 5.76. The number of hydrogen-bond acceptors (Lipinski definition) is 3. The number of amides is 1. The zero-order valence-corrected chi connectivity index (χ0v) is 17.1. The predicted octanol–water partition coefficient (Wildman–Crippen LogP) is 4.06. The van der Waals surface area contributed by atoms with Gasteiger partial charge in [-0.15, -0.1) is 0 Å². The fourth-order valence-electron chi connectivity index (χ4n) is 4.15. The topological polar surface area (TPSA) is 50.2 Å². The first-order chi connectivity index (χ1) is 14.1. The van der Waals surface area contributed by atoms with Crippen LogP contribution in [0.1, 0.15) is 46.1 Å². The summed E-state index contributed by atoms with van der Waals surface area (Å²) < 4.78 is 1.85. The lowest BCUT2D eigenvalue weighted by Crippen LogP contribution is -2.36. The van der Waals surface area contributed by atoms with Crippen molar-refractivity contribution in [1.29, 1.82) is 0 Å². The number of carbonyl (C=O) groups excluding carboxylic acids is 1. The van der Waals surface area contributed by atoms with Crippen molar-refractivity contribution in [3.63, 3.8) is 0 Å². The van der Waals surface area contributed by atoms with Crippen LogP contribution in [-0.2, 0) is 0 Å². The van der Waals surface area contributed by atoms with Gasteiger partial charge in [0.2, 0.25) is 0 Å². The van der Waals surface area contributed by atoms with Gasteiger partial charge in [-0.25, -0.2) is 4.68 Å². The van der Waals surface area contributed by atoms with E-state index in [9.17, 15) is 4.79 Å². The van der Waals surface area contributed by atoms with Crippen LogP contribution in [0.2, 0.25) is 0 Å². The van der Waals surface area contributed by atoms with E-state index in [1.165, 1.54) is 18.4 Å². The lowest BCUT2D eigenvalue weighted by Gasteiger charge is -2.28. The monoisotopic (exact) mass is 388 g/mol. The van der Waals surface area contributed by atoms with Gasteiger partial charge in [0.25, 0.3) is 5.91 Å². The Balaban J connectivity index is 1.51. The number of aryl methyl sites for hydroxylation is 1. The zero-order valence-electron chi connectivity index (χ0n) is 17.1. The van der Waals surface area contributed by atoms with Crippen LogP contribution in [-0.4, -0.2) is 40.2 Å². The van der Waals surface area contributed by atoms with E-state index in [0.717, 1.165) is 30.0 Å². The Hall–Kier alpha value is -2.92. The fourth-order valence-corrected chi connectivity index (χ4v) is 4.15. The SMILES string of the molecule is Cc1ccccc1-n1ncc(C(=O)NCC(c2ccccc2)N2CCCC2)c1C. The average Bonchev–Trinajstić information content (AvgIpc) is 3.40. The molecule has 0 bridgehead atoms. The molecule has 29 heavy (non-hydrogen) atoms. The molecule has 5 nitrogen and oxygen atoms in total. The summed E-state index contributed by atoms with van der Waals surface area (Å²) in [6.45, 7) is 6.76. The van der Waals surface area contributed by atoms with Crippen molar-refractivity contribution in [1.82, 2.24) is 20.0 Å². The number of nitrogens with one attached hydrogen (secondary N) is 1. The number of para-hydroxylation sites is 1. The van der Waals surface area contributed by atoms with Crippen LogP contribution < -0.4 is 5.32 Å². The Morgan fingerprint density at radius 2 is 1.72 bits per heavy atom. The van der Waals surface area contributed by atoms with Crippen molar-refractivity contribution >= 4 is 5.91 Å². The standard InChI is InChI=1S/C24H28N4O/c1-18-10-6-7-13-22(18)28-19(2)21(16-26-28)24(29)25-17-23(27-14-8-9-15-27)20-11-4-3-5-12-20/h3-7,10-13,16,23H,8-9,14-15,17H2,1-2H3,(H,25,29). The summed E-state index contributed by atoms with van der Waals surface area (Å²) in [7, 11) is 0. The number of benzene rings is 2. The molecular formula is C24H28N4O. The van der Waals surface area contributed by atoms with E-state index in [1.54, 1.807) is 6.20 Å². The number of rotatable bonds is 6. The van der Waals surface area contributed by atoms with Crippen LogP contribution >= 0.6 is 0 Å². The molecule has 4 rings (SSSR count). The van der Waals surface area contributed by atoms with E-state index in [1.807, 2.05) is 35.9 Å². The van der Waals surface area contributed by atoms with Gasteiger partial charge in [0, 0.05) is 6.54 Å². The molecule has 5 heteroatoms. The molecule has 0 radical (unpaired) electrons. The molecular weight excluding hydrogens is 360 g/mol. The van der Waals surface area contributed by atoms with Crippen molar-refractivity contribution < 1.29 is 4.79 Å². The third-order valence-electron chi connectivity index (χ3n) is 5.82. The molecule has 1 saturated heterocycles. The maximum atomic E-state index is 13.0. The number of aromatic nitrogens is 2. The Morgan fingerprint density at radius 3 is 2.45 bits per heavy atom. The van der Waals surface area contributed by atoms with Crippen LogP contribution in [0.25, 0.3) is 5.69 Å². The van der Waals surface area contributed by atoms with Gasteiger partial charge in [0.05, 0.1) is 29.2 Å². The van der Waals surface area contributed by atoms with Gasteiger partial charge in [-0.05, 0) is 57.0 Å². The number of nitrogens with zero attached hydrogens (tertiary/aromatic N) is 3. The molecule has 1 amide bonds. The summed E-state index contributed by atoms with van der Waals surface area (Å²) in [4.78, 5) is 15.4. The predicted molar refractivity (Wildman–Crippen MR) is 115 cm³/mol. The summed E-state index contributed by atoms with van der Waals surface area (Å²) in [5.41, 5.74) is 4.87. The van der Waals surface area contributed by atoms with E-state index in [0.29, 0.717) is 12.1 Å². The van der Waals surface area contributed by atoms with Crippen molar-refractivity contribution in [3.05, 3.63) is 83.2 Å². The van der Waals surface area contributed by atoms with Gasteiger partial charge >= 0.3 is 0 Å². The molecule has 2 heterocycles. The molecule has 1 aliphatic heterocycles. The minimum absolute atomic E-state index is 0.0672. The summed E-state index contributed by atoms with van der Waals surface area (Å²) in [6, 6.07) is 18.7. The molecule has 0 spiro atoms. The Morgan fingerprint density at radius 1 is 1.03 bits per heavy atom. The molecule has 1 unspecified atom stereocenters. The van der Waals surface area contributed by atoms with Gasteiger partial charge in [-0.2, -0.15) is 5.10 Å². The highest BCUT2D eigenvalue weighted by Gasteiger charge is 2.24. The van der Waals surface area contributed by atoms with Gasteiger partial charge in [-0.1, -0.05) is 48.5 Å². The summed E-state index contributed by atoms with van der Waals surface area (Å²) >= 11 is 0. The highest BCUT2D eigenvalue weighted by molar-refractivity contribution is 5.95. The van der Waals surface area contributed by atoms with Gasteiger partial charge in [0.1, 0.15) is 0 Å². The average molecular weight is 389 g/mol. The second kappa shape index (κ2) is 8.62. The molecule has 1 N–H and O–H groups in total. The minimum atomic E-state index is -0.0672. The van der Waals surface area contributed by atoms with Gasteiger partial charge in [0.15, 0.2) is 0 Å². The Bertz CT molecular complexity index is 974. The molecule has 2 aromatic carbocycles. The summed E-state index contributed by atoms with van der Waals surface area (Å²) in [5.74, 6) is -0.0672. The quantitative estimate of drug-likeness (QED) is 0.693. The largest absolute Gasteiger partial charge is 0.350 e. The Labute approximate surface area is 172 Å². The molecule has 0 aliphatic carbocycles. The van der Waals surface area contributed by atoms with E-state index < -0.39 is 0 Å². The van der Waals surface area contributed by atoms with Crippen LogP contribution in [0.5, 0.6) is 0 Å².